The van der Waals surface area contributed by atoms with Gasteiger partial charge in [0, 0.05) is 12.1 Å². The number of nitrogens with zero attached hydrogens (tertiary/aromatic N) is 1. The Bertz CT molecular complexity index is 1380. The monoisotopic (exact) mass is 492 g/mol. The van der Waals surface area contributed by atoms with Crippen LogP contribution in [0.2, 0.25) is 0 Å². The van der Waals surface area contributed by atoms with Gasteiger partial charge in [0.05, 0.1) is 0 Å². The molecule has 176 valence electrons. The van der Waals surface area contributed by atoms with E-state index >= 15 is 0 Å². The lowest BCUT2D eigenvalue weighted by atomic mass is 9.91. The van der Waals surface area contributed by atoms with Crippen LogP contribution in [0.25, 0.3) is 0 Å². The molecule has 2 amide bonds. The standard InChI is InChI=1S/C22H16F4N4O3S/c23-14-8-6-13(7-9-14)17(31)29-21(22(24,25)26)15-16(27-19(21)33)30(20(34)28-18(15)32)11-10-12-4-2-1-3-5-12/h1-9H,10-11H2,(H,27,33)(H,29,31)(H,28,32,34). The number of carbonyl (C=O) groups is 2. The van der Waals surface area contributed by atoms with Crippen molar-refractivity contribution in [1.82, 2.24) is 14.9 Å². The number of hydrogen-bond acceptors (Lipinski definition) is 4. The maximum absolute atomic E-state index is 14.4. The first-order chi connectivity index (χ1) is 16.0. The molecule has 12 heteroatoms. The van der Waals surface area contributed by atoms with E-state index in [0.717, 1.165) is 29.8 Å². The minimum Gasteiger partial charge on any atom is -0.326 e. The van der Waals surface area contributed by atoms with Gasteiger partial charge in [0.25, 0.3) is 22.9 Å². The van der Waals surface area contributed by atoms with Gasteiger partial charge < -0.3 is 15.2 Å². The van der Waals surface area contributed by atoms with E-state index in [-0.39, 0.29) is 16.9 Å². The molecule has 0 saturated carbocycles. The second-order valence-corrected chi connectivity index (χ2v) is 7.92. The molecule has 0 radical (unpaired) electrons. The van der Waals surface area contributed by atoms with E-state index < -0.39 is 46.3 Å². The van der Waals surface area contributed by atoms with E-state index in [9.17, 15) is 31.9 Å². The first-order valence-electron chi connectivity index (χ1n) is 9.92. The SMILES string of the molecule is O=C(NC1(C(F)(F)F)C(=O)Nc2c1c(=O)[nH]c(=S)n2CCc1ccccc1)c1ccc(F)cc1. The van der Waals surface area contributed by atoms with Crippen LogP contribution in [-0.2, 0) is 23.3 Å². The molecule has 2 aromatic carbocycles. The molecule has 4 rings (SSSR count). The lowest BCUT2D eigenvalue weighted by molar-refractivity contribution is -0.196. The van der Waals surface area contributed by atoms with Gasteiger partial charge in [-0.1, -0.05) is 30.3 Å². The fraction of sp³-hybridized carbons (Fsp3) is 0.182. The number of amides is 2. The van der Waals surface area contributed by atoms with Crippen molar-refractivity contribution in [3.8, 4) is 0 Å². The van der Waals surface area contributed by atoms with Crippen LogP contribution in [0.15, 0.2) is 59.4 Å². The Morgan fingerprint density at radius 1 is 1.06 bits per heavy atom. The highest BCUT2D eigenvalue weighted by molar-refractivity contribution is 7.71. The molecule has 1 unspecified atom stereocenters. The van der Waals surface area contributed by atoms with Crippen LogP contribution >= 0.6 is 12.2 Å². The number of carbonyl (C=O) groups excluding carboxylic acids is 2. The fourth-order valence-corrected chi connectivity index (χ4v) is 4.04. The van der Waals surface area contributed by atoms with Gasteiger partial charge in [-0.2, -0.15) is 13.2 Å². The number of benzene rings is 2. The Morgan fingerprint density at radius 3 is 2.32 bits per heavy atom. The molecule has 34 heavy (non-hydrogen) atoms. The van der Waals surface area contributed by atoms with Crippen molar-refractivity contribution in [2.24, 2.45) is 0 Å². The molecular formula is C22H16F4N4O3S. The summed E-state index contributed by atoms with van der Waals surface area (Å²) < 4.78 is 57.4. The number of fused-ring (bicyclic) bond motifs is 1. The summed E-state index contributed by atoms with van der Waals surface area (Å²) in [4.78, 5) is 40.3. The Balaban J connectivity index is 1.82. The molecule has 1 aliphatic rings. The smallest absolute Gasteiger partial charge is 0.326 e. The average molecular weight is 492 g/mol. The molecule has 2 heterocycles. The highest BCUT2D eigenvalue weighted by atomic mass is 32.1. The Morgan fingerprint density at radius 2 is 1.71 bits per heavy atom. The Hall–Kier alpha value is -3.80. The van der Waals surface area contributed by atoms with Crippen LogP contribution in [0.1, 0.15) is 21.5 Å². The summed E-state index contributed by atoms with van der Waals surface area (Å²) >= 11 is 5.13. The van der Waals surface area contributed by atoms with Crippen LogP contribution in [0.3, 0.4) is 0 Å². The molecule has 0 bridgehead atoms. The van der Waals surface area contributed by atoms with E-state index in [0.29, 0.717) is 6.42 Å². The Labute approximate surface area is 194 Å². The summed E-state index contributed by atoms with van der Waals surface area (Å²) in [5.41, 5.74) is -5.47. The van der Waals surface area contributed by atoms with Gasteiger partial charge >= 0.3 is 6.18 Å². The number of nitrogens with one attached hydrogen (secondary N) is 3. The minimum atomic E-state index is -5.40. The normalized spacial score (nSPS) is 17.2. The summed E-state index contributed by atoms with van der Waals surface area (Å²) in [5, 5.41) is 3.76. The molecule has 1 aliphatic heterocycles. The van der Waals surface area contributed by atoms with E-state index in [1.165, 1.54) is 4.57 Å². The molecule has 3 aromatic rings. The number of aromatic amines is 1. The van der Waals surface area contributed by atoms with Crippen LogP contribution < -0.4 is 16.2 Å². The van der Waals surface area contributed by atoms with Crippen molar-refractivity contribution in [1.29, 1.82) is 0 Å². The van der Waals surface area contributed by atoms with Crippen LogP contribution in [0.4, 0.5) is 23.4 Å². The molecule has 0 aliphatic carbocycles. The highest BCUT2D eigenvalue weighted by Crippen LogP contribution is 2.45. The second-order valence-electron chi connectivity index (χ2n) is 7.53. The second kappa shape index (κ2) is 8.52. The topological polar surface area (TPSA) is 96.0 Å². The van der Waals surface area contributed by atoms with E-state index in [1.54, 1.807) is 35.6 Å². The third-order valence-electron chi connectivity index (χ3n) is 5.45. The number of aromatic nitrogens is 2. The molecule has 0 spiro atoms. The van der Waals surface area contributed by atoms with Crippen molar-refractivity contribution in [2.45, 2.75) is 24.7 Å². The summed E-state index contributed by atoms with van der Waals surface area (Å²) in [7, 11) is 0. The van der Waals surface area contributed by atoms with Gasteiger partial charge in [0.15, 0.2) is 4.77 Å². The molecule has 0 saturated heterocycles. The first-order valence-corrected chi connectivity index (χ1v) is 10.3. The predicted octanol–water partition coefficient (Wildman–Crippen LogP) is 3.43. The van der Waals surface area contributed by atoms with Gasteiger partial charge in [-0.05, 0) is 48.5 Å². The Kier molecular flexibility index (Phi) is 5.86. The molecule has 7 nitrogen and oxygen atoms in total. The van der Waals surface area contributed by atoms with Gasteiger partial charge in [-0.25, -0.2) is 4.39 Å². The number of alkyl halides is 3. The number of rotatable bonds is 5. The maximum Gasteiger partial charge on any atom is 0.425 e. The first kappa shape index (κ1) is 23.4. The van der Waals surface area contributed by atoms with Crippen molar-refractivity contribution in [3.05, 3.63) is 92.2 Å². The number of hydrogen-bond donors (Lipinski definition) is 3. The summed E-state index contributed by atoms with van der Waals surface area (Å²) in [6.07, 6.45) is -5.06. The number of H-pyrrole nitrogens is 1. The predicted molar refractivity (Wildman–Crippen MR) is 116 cm³/mol. The number of anilines is 1. The van der Waals surface area contributed by atoms with Crippen LogP contribution in [0, 0.1) is 10.6 Å². The zero-order valence-electron chi connectivity index (χ0n) is 17.2. The van der Waals surface area contributed by atoms with Gasteiger partial charge in [0.2, 0.25) is 0 Å². The number of halogens is 4. The largest absolute Gasteiger partial charge is 0.425 e. The van der Waals surface area contributed by atoms with E-state index in [2.05, 4.69) is 10.3 Å². The lowest BCUT2D eigenvalue weighted by Gasteiger charge is -2.30. The van der Waals surface area contributed by atoms with Crippen molar-refractivity contribution in [2.75, 3.05) is 5.32 Å². The zero-order valence-corrected chi connectivity index (χ0v) is 18.0. The van der Waals surface area contributed by atoms with Gasteiger partial charge in [-0.3, -0.25) is 19.4 Å². The van der Waals surface area contributed by atoms with Crippen molar-refractivity contribution >= 4 is 29.9 Å². The van der Waals surface area contributed by atoms with Crippen LogP contribution in [0.5, 0.6) is 0 Å². The summed E-state index contributed by atoms with van der Waals surface area (Å²) in [6, 6.07) is 12.7. The van der Waals surface area contributed by atoms with Crippen molar-refractivity contribution < 1.29 is 27.2 Å². The molecular weight excluding hydrogens is 476 g/mol. The molecule has 1 aromatic heterocycles. The highest BCUT2D eigenvalue weighted by Gasteiger charge is 2.68. The summed E-state index contributed by atoms with van der Waals surface area (Å²) in [5.74, 6) is -4.14. The fourth-order valence-electron chi connectivity index (χ4n) is 3.77. The van der Waals surface area contributed by atoms with Gasteiger partial charge in [-0.15, -0.1) is 0 Å². The average Bonchev–Trinajstić information content (AvgIpc) is 3.08. The lowest BCUT2D eigenvalue weighted by Crippen LogP contribution is -2.61. The molecule has 0 fully saturated rings. The zero-order chi connectivity index (χ0) is 24.7. The minimum absolute atomic E-state index is 0.0437. The van der Waals surface area contributed by atoms with Crippen LogP contribution in [-0.4, -0.2) is 27.5 Å². The quantitative estimate of drug-likeness (QED) is 0.376. The van der Waals surface area contributed by atoms with Gasteiger partial charge in [0.1, 0.15) is 17.2 Å². The maximum atomic E-state index is 14.4. The van der Waals surface area contributed by atoms with E-state index in [4.69, 9.17) is 12.2 Å². The molecule has 3 N–H and O–H groups in total. The van der Waals surface area contributed by atoms with Crippen molar-refractivity contribution in [3.63, 3.8) is 0 Å². The molecule has 1 atom stereocenters. The third kappa shape index (κ3) is 3.89. The van der Waals surface area contributed by atoms with E-state index in [1.807, 2.05) is 0 Å². The number of aryl methyl sites for hydroxylation is 1. The third-order valence-corrected chi connectivity index (χ3v) is 5.77. The summed E-state index contributed by atoms with van der Waals surface area (Å²) in [6.45, 7) is 0.0437.